The number of pyridine rings is 1. The summed E-state index contributed by atoms with van der Waals surface area (Å²) in [6.45, 7) is 2.02. The minimum atomic E-state index is -0.500. The summed E-state index contributed by atoms with van der Waals surface area (Å²) >= 11 is 0. The number of rotatable bonds is 6. The molecule has 1 aliphatic rings. The quantitative estimate of drug-likeness (QED) is 0.640. The number of fused-ring (bicyclic) bond motifs is 1. The molecule has 1 saturated carbocycles. The van der Waals surface area contributed by atoms with E-state index in [4.69, 9.17) is 14.0 Å². The number of amides is 1. The fraction of sp³-hybridized carbons (Fsp3) is 0.333. The van der Waals surface area contributed by atoms with Gasteiger partial charge in [0.25, 0.3) is 11.6 Å². The number of benzene rings is 1. The Morgan fingerprint density at radius 1 is 1.21 bits per heavy atom. The normalized spacial score (nSPS) is 13.3. The van der Waals surface area contributed by atoms with Crippen molar-refractivity contribution >= 4 is 23.0 Å². The zero-order valence-corrected chi connectivity index (χ0v) is 16.4. The maximum atomic E-state index is 13.0. The Balaban J connectivity index is 1.59. The van der Waals surface area contributed by atoms with Gasteiger partial charge in [0.05, 0.1) is 30.9 Å². The molecule has 0 saturated heterocycles. The van der Waals surface area contributed by atoms with E-state index >= 15 is 0 Å². The molecule has 2 heterocycles. The van der Waals surface area contributed by atoms with Gasteiger partial charge >= 0.3 is 5.97 Å². The number of methoxy groups -OCH3 is 2. The first kappa shape index (κ1) is 18.9. The SMILES string of the molecule is COC(=O)c1cc(CNC(=O)c2cc(C3CC3)nc3onc(C)c23)ccc1OC. The highest BCUT2D eigenvalue weighted by atomic mass is 16.5. The second-order valence-corrected chi connectivity index (χ2v) is 7.03. The van der Waals surface area contributed by atoms with Gasteiger partial charge in [-0.2, -0.15) is 0 Å². The highest BCUT2D eigenvalue weighted by molar-refractivity contribution is 6.06. The summed E-state index contributed by atoms with van der Waals surface area (Å²) in [5.41, 5.74) is 3.41. The summed E-state index contributed by atoms with van der Waals surface area (Å²) in [5, 5.41) is 7.48. The Labute approximate surface area is 167 Å². The highest BCUT2D eigenvalue weighted by Crippen LogP contribution is 2.40. The third kappa shape index (κ3) is 3.65. The molecule has 2 aromatic heterocycles. The van der Waals surface area contributed by atoms with Crippen LogP contribution < -0.4 is 10.1 Å². The average Bonchev–Trinajstić information content (AvgIpc) is 3.53. The van der Waals surface area contributed by atoms with Crippen LogP contribution in [0.1, 0.15) is 56.4 Å². The number of esters is 1. The van der Waals surface area contributed by atoms with E-state index in [2.05, 4.69) is 15.5 Å². The maximum absolute atomic E-state index is 13.0. The molecular weight excluding hydrogens is 374 g/mol. The van der Waals surface area contributed by atoms with Gasteiger partial charge in [0, 0.05) is 18.2 Å². The Hall–Kier alpha value is -3.42. The topological polar surface area (TPSA) is 104 Å². The van der Waals surface area contributed by atoms with Gasteiger partial charge in [-0.05, 0) is 43.5 Å². The molecule has 1 aromatic carbocycles. The van der Waals surface area contributed by atoms with Crippen LogP contribution in [0.5, 0.6) is 5.75 Å². The van der Waals surface area contributed by atoms with Crippen LogP contribution in [0.15, 0.2) is 28.8 Å². The first-order valence-corrected chi connectivity index (χ1v) is 9.32. The number of aromatic nitrogens is 2. The van der Waals surface area contributed by atoms with Crippen molar-refractivity contribution < 1.29 is 23.6 Å². The molecule has 4 rings (SSSR count). The van der Waals surface area contributed by atoms with E-state index in [9.17, 15) is 9.59 Å². The number of aryl methyl sites for hydroxylation is 1. The lowest BCUT2D eigenvalue weighted by Crippen LogP contribution is -2.23. The third-order valence-corrected chi connectivity index (χ3v) is 5.00. The summed E-state index contributed by atoms with van der Waals surface area (Å²) < 4.78 is 15.3. The largest absolute Gasteiger partial charge is 0.496 e. The average molecular weight is 395 g/mol. The molecule has 8 nitrogen and oxygen atoms in total. The molecule has 0 radical (unpaired) electrons. The fourth-order valence-corrected chi connectivity index (χ4v) is 3.29. The van der Waals surface area contributed by atoms with Crippen molar-refractivity contribution in [1.82, 2.24) is 15.5 Å². The molecule has 1 fully saturated rings. The van der Waals surface area contributed by atoms with E-state index in [0.717, 1.165) is 24.1 Å². The summed E-state index contributed by atoms with van der Waals surface area (Å²) in [5.74, 6) is 0.0403. The molecule has 150 valence electrons. The summed E-state index contributed by atoms with van der Waals surface area (Å²) in [7, 11) is 2.79. The minimum Gasteiger partial charge on any atom is -0.496 e. The van der Waals surface area contributed by atoms with Crippen molar-refractivity contribution in [3.8, 4) is 5.75 Å². The molecular formula is C21H21N3O5. The number of hydrogen-bond acceptors (Lipinski definition) is 7. The van der Waals surface area contributed by atoms with E-state index in [-0.39, 0.29) is 12.5 Å². The lowest BCUT2D eigenvalue weighted by Gasteiger charge is -2.11. The zero-order chi connectivity index (χ0) is 20.5. The standard InChI is InChI=1S/C21H21N3O5/c1-11-18-15(9-16(13-5-6-13)23-20(18)29-24-11)19(25)22-10-12-4-7-17(27-2)14(8-12)21(26)28-3/h4,7-9,13H,5-6,10H2,1-3H3,(H,22,25). The fourth-order valence-electron chi connectivity index (χ4n) is 3.29. The smallest absolute Gasteiger partial charge is 0.341 e. The van der Waals surface area contributed by atoms with Gasteiger partial charge < -0.3 is 19.3 Å². The second-order valence-electron chi connectivity index (χ2n) is 7.03. The van der Waals surface area contributed by atoms with Gasteiger partial charge in [-0.1, -0.05) is 11.2 Å². The Bertz CT molecular complexity index is 1100. The second kappa shape index (κ2) is 7.54. The van der Waals surface area contributed by atoms with Crippen LogP contribution in [0, 0.1) is 6.92 Å². The molecule has 1 amide bonds. The zero-order valence-electron chi connectivity index (χ0n) is 16.4. The monoisotopic (exact) mass is 395 g/mol. The van der Waals surface area contributed by atoms with Gasteiger partial charge in [-0.25, -0.2) is 9.78 Å². The van der Waals surface area contributed by atoms with Crippen LogP contribution in [0.3, 0.4) is 0 Å². The molecule has 0 spiro atoms. The number of nitrogens with one attached hydrogen (secondary N) is 1. The van der Waals surface area contributed by atoms with E-state index in [0.29, 0.717) is 39.6 Å². The minimum absolute atomic E-state index is 0.236. The predicted octanol–water partition coefficient (Wildman–Crippen LogP) is 3.13. The molecule has 0 atom stereocenters. The van der Waals surface area contributed by atoms with Crippen LogP contribution in [0.25, 0.3) is 11.1 Å². The number of carbonyl (C=O) groups excluding carboxylic acids is 2. The van der Waals surface area contributed by atoms with E-state index < -0.39 is 5.97 Å². The van der Waals surface area contributed by atoms with Gasteiger partial charge in [-0.3, -0.25) is 4.79 Å². The molecule has 0 aliphatic heterocycles. The van der Waals surface area contributed by atoms with Crippen LogP contribution >= 0.6 is 0 Å². The van der Waals surface area contributed by atoms with E-state index in [1.165, 1.54) is 14.2 Å². The lowest BCUT2D eigenvalue weighted by molar-refractivity contribution is 0.0597. The molecule has 0 unspecified atom stereocenters. The summed E-state index contributed by atoms with van der Waals surface area (Å²) in [6, 6.07) is 6.93. The van der Waals surface area contributed by atoms with Gasteiger partial charge in [0.1, 0.15) is 11.3 Å². The Morgan fingerprint density at radius 3 is 2.69 bits per heavy atom. The number of nitrogens with zero attached hydrogens (tertiary/aromatic N) is 2. The predicted molar refractivity (Wildman–Crippen MR) is 104 cm³/mol. The van der Waals surface area contributed by atoms with E-state index in [1.807, 2.05) is 6.07 Å². The van der Waals surface area contributed by atoms with Gasteiger partial charge in [-0.15, -0.1) is 0 Å². The van der Waals surface area contributed by atoms with Crippen LogP contribution in [-0.4, -0.2) is 36.2 Å². The highest BCUT2D eigenvalue weighted by Gasteiger charge is 2.28. The van der Waals surface area contributed by atoms with Crippen molar-refractivity contribution in [2.45, 2.75) is 32.2 Å². The van der Waals surface area contributed by atoms with Crippen molar-refractivity contribution in [2.75, 3.05) is 14.2 Å². The summed E-state index contributed by atoms with van der Waals surface area (Å²) in [4.78, 5) is 29.4. The van der Waals surface area contributed by atoms with Crippen molar-refractivity contribution in [3.63, 3.8) is 0 Å². The number of carbonyl (C=O) groups is 2. The molecule has 8 heteroatoms. The Kier molecular flexibility index (Phi) is 4.92. The van der Waals surface area contributed by atoms with Crippen LogP contribution in [0.4, 0.5) is 0 Å². The third-order valence-electron chi connectivity index (χ3n) is 5.00. The molecule has 0 bridgehead atoms. The number of hydrogen-bond donors (Lipinski definition) is 1. The molecule has 3 aromatic rings. The number of ether oxygens (including phenoxy) is 2. The maximum Gasteiger partial charge on any atom is 0.341 e. The van der Waals surface area contributed by atoms with E-state index in [1.54, 1.807) is 25.1 Å². The first-order valence-electron chi connectivity index (χ1n) is 9.32. The van der Waals surface area contributed by atoms with Crippen molar-refractivity contribution in [1.29, 1.82) is 0 Å². The first-order chi connectivity index (χ1) is 14.0. The Morgan fingerprint density at radius 2 is 2.00 bits per heavy atom. The van der Waals surface area contributed by atoms with Gasteiger partial charge in [0.15, 0.2) is 0 Å². The van der Waals surface area contributed by atoms with Crippen LogP contribution in [-0.2, 0) is 11.3 Å². The molecule has 1 aliphatic carbocycles. The van der Waals surface area contributed by atoms with Crippen molar-refractivity contribution in [3.05, 3.63) is 52.3 Å². The summed E-state index contributed by atoms with van der Waals surface area (Å²) in [6.07, 6.45) is 2.13. The molecule has 29 heavy (non-hydrogen) atoms. The van der Waals surface area contributed by atoms with Gasteiger partial charge in [0.2, 0.25) is 0 Å². The lowest BCUT2D eigenvalue weighted by atomic mass is 10.1. The van der Waals surface area contributed by atoms with Crippen molar-refractivity contribution in [2.24, 2.45) is 0 Å². The molecule has 1 N–H and O–H groups in total. The van der Waals surface area contributed by atoms with Crippen LogP contribution in [0.2, 0.25) is 0 Å².